The molecule has 2 rings (SSSR count). The summed E-state index contributed by atoms with van der Waals surface area (Å²) in [6.07, 6.45) is 7.38. The van der Waals surface area contributed by atoms with Crippen molar-refractivity contribution in [3.05, 3.63) is 35.9 Å². The van der Waals surface area contributed by atoms with Crippen LogP contribution in [0.5, 0.6) is 11.5 Å². The summed E-state index contributed by atoms with van der Waals surface area (Å²) in [6, 6.07) is 10.6. The molecule has 4 heteroatoms. The summed E-state index contributed by atoms with van der Waals surface area (Å²) in [5.74, 6) is 3.39. The zero-order valence-electron chi connectivity index (χ0n) is 15.7. The van der Waals surface area contributed by atoms with E-state index in [-0.39, 0.29) is 0 Å². The molecule has 0 aliphatic rings. The average Bonchev–Trinajstić information content (AvgIpc) is 2.67. The van der Waals surface area contributed by atoms with Crippen LogP contribution in [0, 0.1) is 0 Å². The second-order valence-electron chi connectivity index (χ2n) is 6.47. The molecule has 0 N–H and O–H groups in total. The van der Waals surface area contributed by atoms with E-state index in [1.54, 1.807) is 0 Å². The number of fused-ring (bicyclic) bond motifs is 1. The highest BCUT2D eigenvalue weighted by Gasteiger charge is 2.08. The number of aryl methyl sites for hydroxylation is 1. The lowest BCUT2D eigenvalue weighted by molar-refractivity contribution is 0.304. The van der Waals surface area contributed by atoms with Crippen molar-refractivity contribution in [3.63, 3.8) is 0 Å². The number of alkyl halides is 2. The SMILES string of the molecule is CCc1c(OCCCCCCl)ccc2cc(OCCCCCCl)ccc12. The summed E-state index contributed by atoms with van der Waals surface area (Å²) in [6.45, 7) is 3.67. The molecule has 0 fully saturated rings. The van der Waals surface area contributed by atoms with Crippen LogP contribution in [0.4, 0.5) is 0 Å². The molecule has 0 aromatic heterocycles. The maximum Gasteiger partial charge on any atom is 0.123 e. The summed E-state index contributed by atoms with van der Waals surface area (Å²) >= 11 is 11.4. The average molecular weight is 397 g/mol. The van der Waals surface area contributed by atoms with Gasteiger partial charge in [0, 0.05) is 17.3 Å². The zero-order valence-corrected chi connectivity index (χ0v) is 17.2. The molecule has 0 atom stereocenters. The van der Waals surface area contributed by atoms with Crippen molar-refractivity contribution in [1.82, 2.24) is 0 Å². The molecule has 0 saturated heterocycles. The quantitative estimate of drug-likeness (QED) is 0.268. The van der Waals surface area contributed by atoms with Gasteiger partial charge in [-0.1, -0.05) is 19.1 Å². The molecule has 0 spiro atoms. The highest BCUT2D eigenvalue weighted by Crippen LogP contribution is 2.31. The number of hydrogen-bond acceptors (Lipinski definition) is 2. The third kappa shape index (κ3) is 6.55. The van der Waals surface area contributed by atoms with Crippen molar-refractivity contribution < 1.29 is 9.47 Å². The van der Waals surface area contributed by atoms with Gasteiger partial charge in [0.05, 0.1) is 13.2 Å². The monoisotopic (exact) mass is 396 g/mol. The van der Waals surface area contributed by atoms with Gasteiger partial charge in [-0.3, -0.25) is 0 Å². The van der Waals surface area contributed by atoms with E-state index in [0.29, 0.717) is 0 Å². The lowest BCUT2D eigenvalue weighted by Crippen LogP contribution is -2.01. The first-order valence-corrected chi connectivity index (χ1v) is 10.8. The summed E-state index contributed by atoms with van der Waals surface area (Å²) in [7, 11) is 0. The first-order valence-electron chi connectivity index (χ1n) is 9.73. The normalized spacial score (nSPS) is 11.0. The maximum atomic E-state index is 6.03. The lowest BCUT2D eigenvalue weighted by Gasteiger charge is -2.14. The van der Waals surface area contributed by atoms with Crippen molar-refractivity contribution in [2.75, 3.05) is 25.0 Å². The number of rotatable bonds is 13. The molecular weight excluding hydrogens is 367 g/mol. The minimum absolute atomic E-state index is 0.729. The number of ether oxygens (including phenoxy) is 2. The largest absolute Gasteiger partial charge is 0.494 e. The van der Waals surface area contributed by atoms with Crippen molar-refractivity contribution >= 4 is 34.0 Å². The summed E-state index contributed by atoms with van der Waals surface area (Å²) in [4.78, 5) is 0. The van der Waals surface area contributed by atoms with Crippen LogP contribution in [0.2, 0.25) is 0 Å². The second kappa shape index (κ2) is 12.3. The van der Waals surface area contributed by atoms with Crippen molar-refractivity contribution in [1.29, 1.82) is 0 Å². The Bertz CT molecular complexity index is 658. The van der Waals surface area contributed by atoms with E-state index in [4.69, 9.17) is 32.7 Å². The molecule has 0 amide bonds. The smallest absolute Gasteiger partial charge is 0.123 e. The Morgan fingerprint density at radius 2 is 1.46 bits per heavy atom. The first kappa shape index (κ1) is 21.2. The van der Waals surface area contributed by atoms with Gasteiger partial charge < -0.3 is 9.47 Å². The zero-order chi connectivity index (χ0) is 18.6. The molecule has 0 heterocycles. The Balaban J connectivity index is 2.00. The van der Waals surface area contributed by atoms with Crippen molar-refractivity contribution in [2.24, 2.45) is 0 Å². The van der Waals surface area contributed by atoms with Gasteiger partial charge in [-0.15, -0.1) is 23.2 Å². The molecule has 2 aromatic rings. The van der Waals surface area contributed by atoms with Gasteiger partial charge in [0.15, 0.2) is 0 Å². The summed E-state index contributed by atoms with van der Waals surface area (Å²) in [5.41, 5.74) is 1.27. The van der Waals surface area contributed by atoms with Crippen LogP contribution in [0.25, 0.3) is 10.8 Å². The van der Waals surface area contributed by atoms with Crippen LogP contribution in [-0.2, 0) is 6.42 Å². The summed E-state index contributed by atoms with van der Waals surface area (Å²) < 4.78 is 11.9. The molecule has 0 unspecified atom stereocenters. The lowest BCUT2D eigenvalue weighted by atomic mass is 10.0. The maximum absolute atomic E-state index is 6.03. The molecular formula is C22H30Cl2O2. The van der Waals surface area contributed by atoms with E-state index in [9.17, 15) is 0 Å². The Morgan fingerprint density at radius 1 is 0.769 bits per heavy atom. The van der Waals surface area contributed by atoms with Gasteiger partial charge in [-0.25, -0.2) is 0 Å². The van der Waals surface area contributed by atoms with Gasteiger partial charge in [0.1, 0.15) is 11.5 Å². The van der Waals surface area contributed by atoms with Gasteiger partial charge in [-0.05, 0) is 73.9 Å². The second-order valence-corrected chi connectivity index (χ2v) is 7.23. The number of halogens is 2. The third-order valence-electron chi connectivity index (χ3n) is 4.50. The van der Waals surface area contributed by atoms with Crippen molar-refractivity contribution in [3.8, 4) is 11.5 Å². The molecule has 0 aliphatic heterocycles. The van der Waals surface area contributed by atoms with E-state index in [2.05, 4.69) is 37.3 Å². The predicted molar refractivity (Wildman–Crippen MR) is 113 cm³/mol. The van der Waals surface area contributed by atoms with Gasteiger partial charge in [0.25, 0.3) is 0 Å². The standard InChI is InChI=1S/C22H30Cl2O2/c1-2-20-21-11-10-19(25-15-7-3-5-13-23)17-18(21)9-12-22(20)26-16-8-4-6-14-24/h9-12,17H,2-8,13-16H2,1H3. The number of hydrogen-bond donors (Lipinski definition) is 0. The fourth-order valence-corrected chi connectivity index (χ4v) is 3.44. The number of benzene rings is 2. The molecule has 0 aliphatic carbocycles. The minimum atomic E-state index is 0.729. The Labute approximate surface area is 167 Å². The van der Waals surface area contributed by atoms with E-state index in [1.807, 2.05) is 0 Å². The van der Waals surface area contributed by atoms with Gasteiger partial charge in [0.2, 0.25) is 0 Å². The summed E-state index contributed by atoms with van der Waals surface area (Å²) in [5, 5.41) is 2.45. The highest BCUT2D eigenvalue weighted by molar-refractivity contribution is 6.18. The fraction of sp³-hybridized carbons (Fsp3) is 0.545. The Kier molecular flexibility index (Phi) is 10.0. The number of unbranched alkanes of at least 4 members (excludes halogenated alkanes) is 4. The van der Waals surface area contributed by atoms with Crippen LogP contribution in [0.1, 0.15) is 51.0 Å². The molecule has 0 radical (unpaired) electrons. The predicted octanol–water partition coefficient (Wildman–Crippen LogP) is 6.98. The molecule has 2 nitrogen and oxygen atoms in total. The molecule has 2 aromatic carbocycles. The highest BCUT2D eigenvalue weighted by atomic mass is 35.5. The van der Waals surface area contributed by atoms with E-state index >= 15 is 0 Å². The van der Waals surface area contributed by atoms with Crippen LogP contribution >= 0.6 is 23.2 Å². The van der Waals surface area contributed by atoms with Gasteiger partial charge in [-0.2, -0.15) is 0 Å². The van der Waals surface area contributed by atoms with Crippen molar-refractivity contribution in [2.45, 2.75) is 51.9 Å². The third-order valence-corrected chi connectivity index (χ3v) is 5.03. The molecule has 144 valence electrons. The van der Waals surface area contributed by atoms with Gasteiger partial charge >= 0.3 is 0 Å². The molecule has 0 bridgehead atoms. The van der Waals surface area contributed by atoms with Crippen LogP contribution in [-0.4, -0.2) is 25.0 Å². The van der Waals surface area contributed by atoms with E-state index < -0.39 is 0 Å². The van der Waals surface area contributed by atoms with E-state index in [1.165, 1.54) is 16.3 Å². The van der Waals surface area contributed by atoms with Crippen LogP contribution < -0.4 is 9.47 Å². The fourth-order valence-electron chi connectivity index (χ4n) is 3.06. The first-order chi connectivity index (χ1) is 12.8. The molecule has 26 heavy (non-hydrogen) atoms. The molecule has 0 saturated carbocycles. The Morgan fingerprint density at radius 3 is 2.12 bits per heavy atom. The Hall–Kier alpha value is -1.12. The van der Waals surface area contributed by atoms with E-state index in [0.717, 1.165) is 81.4 Å². The van der Waals surface area contributed by atoms with Crippen LogP contribution in [0.15, 0.2) is 30.3 Å². The minimum Gasteiger partial charge on any atom is -0.494 e. The topological polar surface area (TPSA) is 18.5 Å². The van der Waals surface area contributed by atoms with Crippen LogP contribution in [0.3, 0.4) is 0 Å².